The van der Waals surface area contributed by atoms with Crippen LogP contribution in [0.25, 0.3) is 0 Å². The molecular formula is C14H22N4. The third kappa shape index (κ3) is 2.09. The Labute approximate surface area is 109 Å². The summed E-state index contributed by atoms with van der Waals surface area (Å²) in [6, 6.07) is 0. The van der Waals surface area contributed by atoms with E-state index in [1.54, 1.807) is 12.6 Å². The number of nitrogens with two attached hydrogens (primary N) is 1. The van der Waals surface area contributed by atoms with E-state index < -0.39 is 5.54 Å². The first-order chi connectivity index (χ1) is 8.55. The number of rotatable bonds is 1. The summed E-state index contributed by atoms with van der Waals surface area (Å²) >= 11 is 0. The lowest BCUT2D eigenvalue weighted by molar-refractivity contribution is 0.149. The van der Waals surface area contributed by atoms with Crippen molar-refractivity contribution < 1.29 is 0 Å². The predicted molar refractivity (Wildman–Crippen MR) is 74.6 cm³/mol. The first-order valence-electron chi connectivity index (χ1n) is 6.89. The summed E-state index contributed by atoms with van der Waals surface area (Å²) in [7, 11) is 0. The van der Waals surface area contributed by atoms with Crippen LogP contribution in [-0.2, 0) is 0 Å². The van der Waals surface area contributed by atoms with Crippen molar-refractivity contribution in [2.24, 2.45) is 33.5 Å². The van der Waals surface area contributed by atoms with E-state index in [4.69, 9.17) is 5.73 Å². The Kier molecular flexibility index (Phi) is 2.77. The number of aliphatic imine (C=N–C) groups is 2. The van der Waals surface area contributed by atoms with E-state index in [-0.39, 0.29) is 0 Å². The fourth-order valence-electron chi connectivity index (χ4n) is 3.49. The molecule has 4 heteroatoms. The van der Waals surface area contributed by atoms with E-state index in [1.807, 2.05) is 13.0 Å². The van der Waals surface area contributed by atoms with Gasteiger partial charge in [-0.3, -0.25) is 0 Å². The van der Waals surface area contributed by atoms with Crippen molar-refractivity contribution in [1.29, 1.82) is 0 Å². The Morgan fingerprint density at radius 1 is 1.33 bits per heavy atom. The van der Waals surface area contributed by atoms with Gasteiger partial charge in [-0.05, 0) is 43.6 Å². The van der Waals surface area contributed by atoms with Gasteiger partial charge in [-0.25, -0.2) is 9.98 Å². The van der Waals surface area contributed by atoms with Crippen molar-refractivity contribution in [3.8, 4) is 0 Å². The van der Waals surface area contributed by atoms with Gasteiger partial charge in [0.15, 0.2) is 0 Å². The minimum atomic E-state index is -0.492. The van der Waals surface area contributed by atoms with E-state index in [9.17, 15) is 0 Å². The SMILES string of the molecule is C[C@@H]1[C@@H]2CC[C@H]1CN(C1=CC(C)(N)C=NC=N1)C2. The highest BCUT2D eigenvalue weighted by Crippen LogP contribution is 2.42. The lowest BCUT2D eigenvalue weighted by Gasteiger charge is -2.38. The molecule has 0 aromatic carbocycles. The number of likely N-dealkylation sites (tertiary alicyclic amines) is 1. The van der Waals surface area contributed by atoms with Gasteiger partial charge in [-0.1, -0.05) is 6.92 Å². The Morgan fingerprint density at radius 3 is 2.67 bits per heavy atom. The Balaban J connectivity index is 1.82. The maximum Gasteiger partial charge on any atom is 0.128 e. The van der Waals surface area contributed by atoms with Gasteiger partial charge in [0.1, 0.15) is 12.2 Å². The molecule has 2 fully saturated rings. The molecule has 98 valence electrons. The van der Waals surface area contributed by atoms with E-state index >= 15 is 0 Å². The van der Waals surface area contributed by atoms with Crippen LogP contribution in [0.1, 0.15) is 26.7 Å². The lowest BCUT2D eigenvalue weighted by Crippen LogP contribution is -2.42. The lowest BCUT2D eigenvalue weighted by atomic mass is 9.87. The molecular weight excluding hydrogens is 224 g/mol. The third-order valence-corrected chi connectivity index (χ3v) is 4.68. The van der Waals surface area contributed by atoms with Gasteiger partial charge in [0.2, 0.25) is 0 Å². The molecule has 18 heavy (non-hydrogen) atoms. The molecule has 1 unspecified atom stereocenters. The summed E-state index contributed by atoms with van der Waals surface area (Å²) in [6.07, 6.45) is 8.15. The monoisotopic (exact) mass is 246 g/mol. The summed E-state index contributed by atoms with van der Waals surface area (Å²) in [5.74, 6) is 3.53. The number of fused-ring (bicyclic) bond motifs is 2. The number of hydrogen-bond acceptors (Lipinski definition) is 4. The zero-order valence-corrected chi connectivity index (χ0v) is 11.2. The molecule has 0 aromatic rings. The van der Waals surface area contributed by atoms with Crippen LogP contribution in [0.2, 0.25) is 0 Å². The van der Waals surface area contributed by atoms with Crippen LogP contribution in [0.15, 0.2) is 21.9 Å². The molecule has 1 aliphatic carbocycles. The van der Waals surface area contributed by atoms with E-state index in [0.717, 1.165) is 36.7 Å². The van der Waals surface area contributed by atoms with Gasteiger partial charge >= 0.3 is 0 Å². The molecule has 2 bridgehead atoms. The molecule has 0 amide bonds. The summed E-state index contributed by atoms with van der Waals surface area (Å²) in [4.78, 5) is 11.0. The van der Waals surface area contributed by atoms with Gasteiger partial charge < -0.3 is 10.6 Å². The Hall–Kier alpha value is -1.16. The van der Waals surface area contributed by atoms with Gasteiger partial charge in [-0.15, -0.1) is 0 Å². The van der Waals surface area contributed by atoms with Crippen LogP contribution in [0.3, 0.4) is 0 Å². The standard InChI is InChI=1S/C14H22N4/c1-10-11-3-4-12(10)7-18(6-11)13-5-14(2,15)8-16-9-17-13/h5,8-12H,3-4,6-7,15H2,1-2H3/t10-,11-,12+,14?. The minimum absolute atomic E-state index is 0.492. The number of nitrogens with zero attached hydrogens (tertiary/aromatic N) is 3. The second-order valence-electron chi connectivity index (χ2n) is 6.25. The van der Waals surface area contributed by atoms with Crippen LogP contribution >= 0.6 is 0 Å². The van der Waals surface area contributed by atoms with Gasteiger partial charge in [0.25, 0.3) is 0 Å². The first kappa shape index (κ1) is 11.9. The fourth-order valence-corrected chi connectivity index (χ4v) is 3.49. The number of hydrogen-bond donors (Lipinski definition) is 1. The fraction of sp³-hybridized carbons (Fsp3) is 0.714. The highest BCUT2D eigenvalue weighted by molar-refractivity contribution is 5.82. The van der Waals surface area contributed by atoms with Crippen molar-refractivity contribution >= 4 is 12.6 Å². The molecule has 1 saturated heterocycles. The summed E-state index contributed by atoms with van der Waals surface area (Å²) in [5.41, 5.74) is 5.66. The van der Waals surface area contributed by atoms with Crippen molar-refractivity contribution in [2.75, 3.05) is 13.1 Å². The summed E-state index contributed by atoms with van der Waals surface area (Å²) in [6.45, 7) is 6.61. The quantitative estimate of drug-likeness (QED) is 0.764. The van der Waals surface area contributed by atoms with E-state index in [1.165, 1.54) is 12.8 Å². The number of piperidine rings is 1. The van der Waals surface area contributed by atoms with Crippen molar-refractivity contribution in [2.45, 2.75) is 32.2 Å². The highest BCUT2D eigenvalue weighted by Gasteiger charge is 2.40. The molecule has 4 atom stereocenters. The smallest absolute Gasteiger partial charge is 0.128 e. The second-order valence-corrected chi connectivity index (χ2v) is 6.25. The average molecular weight is 246 g/mol. The molecule has 2 heterocycles. The molecule has 3 aliphatic rings. The van der Waals surface area contributed by atoms with Crippen molar-refractivity contribution in [3.05, 3.63) is 11.9 Å². The zero-order valence-electron chi connectivity index (χ0n) is 11.2. The van der Waals surface area contributed by atoms with Crippen molar-refractivity contribution in [1.82, 2.24) is 4.90 Å². The highest BCUT2D eigenvalue weighted by atomic mass is 15.2. The molecule has 0 radical (unpaired) electrons. The molecule has 3 rings (SSSR count). The topological polar surface area (TPSA) is 54.0 Å². The van der Waals surface area contributed by atoms with Gasteiger partial charge in [0.05, 0.1) is 5.54 Å². The van der Waals surface area contributed by atoms with Crippen molar-refractivity contribution in [3.63, 3.8) is 0 Å². The third-order valence-electron chi connectivity index (χ3n) is 4.68. The Morgan fingerprint density at radius 2 is 2.00 bits per heavy atom. The van der Waals surface area contributed by atoms with E-state index in [0.29, 0.717) is 0 Å². The van der Waals surface area contributed by atoms with E-state index in [2.05, 4.69) is 21.8 Å². The molecule has 0 aromatic heterocycles. The Bertz CT molecular complexity index is 408. The maximum absolute atomic E-state index is 6.15. The van der Waals surface area contributed by atoms with Crippen LogP contribution in [-0.4, -0.2) is 36.1 Å². The van der Waals surface area contributed by atoms with Gasteiger partial charge in [-0.2, -0.15) is 0 Å². The van der Waals surface area contributed by atoms with Crippen LogP contribution in [0.5, 0.6) is 0 Å². The van der Waals surface area contributed by atoms with Crippen LogP contribution in [0, 0.1) is 17.8 Å². The van der Waals surface area contributed by atoms with Crippen LogP contribution in [0.4, 0.5) is 0 Å². The van der Waals surface area contributed by atoms with Gasteiger partial charge in [0, 0.05) is 19.3 Å². The second kappa shape index (κ2) is 4.19. The largest absolute Gasteiger partial charge is 0.356 e. The summed E-state index contributed by atoms with van der Waals surface area (Å²) in [5, 5.41) is 0. The predicted octanol–water partition coefficient (Wildman–Crippen LogP) is 1.64. The molecule has 1 saturated carbocycles. The average Bonchev–Trinajstić information content (AvgIpc) is 2.55. The first-order valence-corrected chi connectivity index (χ1v) is 6.89. The molecule has 2 aliphatic heterocycles. The zero-order chi connectivity index (χ0) is 12.8. The maximum atomic E-state index is 6.15. The summed E-state index contributed by atoms with van der Waals surface area (Å²) < 4.78 is 0. The normalized spacial score (nSPS) is 42.9. The van der Waals surface area contributed by atoms with Crippen LogP contribution < -0.4 is 5.73 Å². The molecule has 4 nitrogen and oxygen atoms in total. The molecule has 0 spiro atoms. The molecule has 2 N–H and O–H groups in total. The minimum Gasteiger partial charge on any atom is -0.356 e.